The molecule has 3 nitrogen and oxygen atoms in total. The van der Waals surface area contributed by atoms with Gasteiger partial charge < -0.3 is 4.74 Å². The zero-order chi connectivity index (χ0) is 21.2. The third kappa shape index (κ3) is 3.66. The fraction of sp³-hybridized carbons (Fsp3) is 0.214. The monoisotopic (exact) mass is 408 g/mol. The highest BCUT2D eigenvalue weighted by atomic mass is 16.5. The van der Waals surface area contributed by atoms with Gasteiger partial charge >= 0.3 is 0 Å². The maximum atomic E-state index is 13.5. The fourth-order valence-electron chi connectivity index (χ4n) is 4.76. The van der Waals surface area contributed by atoms with E-state index in [4.69, 9.17) is 4.74 Å². The van der Waals surface area contributed by atoms with Crippen molar-refractivity contribution in [2.75, 3.05) is 0 Å². The molecule has 0 saturated heterocycles. The quantitative estimate of drug-likeness (QED) is 0.359. The molecule has 31 heavy (non-hydrogen) atoms. The predicted octanol–water partition coefficient (Wildman–Crippen LogP) is 6.22. The standard InChI is InChI=1S/C28H24O3/c29-25(19-11-3-1-4-12-19)28(26(30)20-13-5-2-6-14-20)31-27-23-17-9-7-15-21(23)22-16-8-10-18-24(22)27/h1-7,9,11-15,17,27-28H,8,10,16,18H2. The number of allylic oxidation sites excluding steroid dienone is 1. The van der Waals surface area contributed by atoms with E-state index < -0.39 is 6.10 Å². The lowest BCUT2D eigenvalue weighted by molar-refractivity contribution is 0.0142. The Morgan fingerprint density at radius 3 is 1.90 bits per heavy atom. The molecule has 0 saturated carbocycles. The lowest BCUT2D eigenvalue weighted by Gasteiger charge is -2.25. The van der Waals surface area contributed by atoms with Gasteiger partial charge in [-0.2, -0.15) is 0 Å². The van der Waals surface area contributed by atoms with Crippen LogP contribution in [-0.2, 0) is 4.74 Å². The van der Waals surface area contributed by atoms with Crippen LogP contribution in [-0.4, -0.2) is 17.7 Å². The molecule has 0 amide bonds. The van der Waals surface area contributed by atoms with Gasteiger partial charge in [0.2, 0.25) is 0 Å². The normalized spacial score (nSPS) is 17.4. The number of carbonyl (C=O) groups is 2. The molecule has 3 aromatic rings. The van der Waals surface area contributed by atoms with Crippen LogP contribution >= 0.6 is 0 Å². The summed E-state index contributed by atoms with van der Waals surface area (Å²) in [5.41, 5.74) is 5.83. The molecule has 0 aliphatic heterocycles. The number of Topliss-reactive ketones (excluding diaryl/α,β-unsaturated/α-hetero) is 2. The Bertz CT molecular complexity index is 1090. The van der Waals surface area contributed by atoms with Crippen molar-refractivity contribution in [3.63, 3.8) is 0 Å². The number of hydrogen-bond acceptors (Lipinski definition) is 3. The van der Waals surface area contributed by atoms with Crippen molar-refractivity contribution in [3.05, 3.63) is 113 Å². The lowest BCUT2D eigenvalue weighted by Crippen LogP contribution is -2.35. The summed E-state index contributed by atoms with van der Waals surface area (Å²) in [6, 6.07) is 26.2. The molecule has 0 aromatic heterocycles. The highest BCUT2D eigenvalue weighted by Gasteiger charge is 2.38. The molecule has 3 heteroatoms. The maximum Gasteiger partial charge on any atom is 0.199 e. The third-order valence-corrected chi connectivity index (χ3v) is 6.26. The number of hydrogen-bond donors (Lipinski definition) is 0. The van der Waals surface area contributed by atoms with Crippen LogP contribution in [0, 0.1) is 0 Å². The van der Waals surface area contributed by atoms with E-state index in [1.807, 2.05) is 48.5 Å². The van der Waals surface area contributed by atoms with Crippen LogP contribution < -0.4 is 0 Å². The van der Waals surface area contributed by atoms with Gasteiger partial charge in [0.05, 0.1) is 0 Å². The minimum absolute atomic E-state index is 0.295. The summed E-state index contributed by atoms with van der Waals surface area (Å²) in [6.45, 7) is 0. The highest BCUT2D eigenvalue weighted by Crippen LogP contribution is 2.49. The largest absolute Gasteiger partial charge is 0.349 e. The Kier molecular flexibility index (Phi) is 5.35. The van der Waals surface area contributed by atoms with E-state index in [2.05, 4.69) is 12.1 Å². The van der Waals surface area contributed by atoms with Gasteiger partial charge in [-0.3, -0.25) is 9.59 Å². The average Bonchev–Trinajstić information content (AvgIpc) is 3.16. The Hall–Kier alpha value is -3.30. The molecule has 2 aliphatic rings. The Morgan fingerprint density at radius 2 is 1.26 bits per heavy atom. The van der Waals surface area contributed by atoms with E-state index in [1.54, 1.807) is 24.3 Å². The summed E-state index contributed by atoms with van der Waals surface area (Å²) in [6.07, 6.45) is 2.70. The molecular formula is C28H24O3. The van der Waals surface area contributed by atoms with E-state index in [-0.39, 0.29) is 17.7 Å². The summed E-state index contributed by atoms with van der Waals surface area (Å²) in [5, 5.41) is 0. The summed E-state index contributed by atoms with van der Waals surface area (Å²) in [5.74, 6) is -0.589. The molecule has 0 fully saturated rings. The molecule has 5 rings (SSSR count). The Balaban J connectivity index is 1.55. The molecule has 0 bridgehead atoms. The van der Waals surface area contributed by atoms with Crippen LogP contribution in [0.15, 0.2) is 90.5 Å². The molecule has 0 spiro atoms. The molecular weight excluding hydrogens is 384 g/mol. The van der Waals surface area contributed by atoms with Crippen LogP contribution in [0.25, 0.3) is 5.57 Å². The van der Waals surface area contributed by atoms with Gasteiger partial charge in [-0.05, 0) is 48.0 Å². The van der Waals surface area contributed by atoms with Gasteiger partial charge in [0, 0.05) is 11.1 Å². The van der Waals surface area contributed by atoms with Crippen molar-refractivity contribution in [1.82, 2.24) is 0 Å². The first-order valence-corrected chi connectivity index (χ1v) is 10.9. The highest BCUT2D eigenvalue weighted by molar-refractivity contribution is 6.18. The molecule has 2 aliphatic carbocycles. The smallest absolute Gasteiger partial charge is 0.199 e. The van der Waals surface area contributed by atoms with Crippen LogP contribution in [0.2, 0.25) is 0 Å². The first-order chi connectivity index (χ1) is 15.2. The minimum Gasteiger partial charge on any atom is -0.349 e. The van der Waals surface area contributed by atoms with E-state index >= 15 is 0 Å². The van der Waals surface area contributed by atoms with Crippen LogP contribution in [0.5, 0.6) is 0 Å². The molecule has 0 heterocycles. The van der Waals surface area contributed by atoms with Crippen molar-refractivity contribution < 1.29 is 14.3 Å². The topological polar surface area (TPSA) is 43.4 Å². The SMILES string of the molecule is O=C(c1ccccc1)C(OC1C2=C(CCCC2)c2ccccc21)C(=O)c1ccccc1. The summed E-state index contributed by atoms with van der Waals surface area (Å²) >= 11 is 0. The van der Waals surface area contributed by atoms with Gasteiger partial charge in [0.1, 0.15) is 6.10 Å². The lowest BCUT2D eigenvalue weighted by atomic mass is 9.91. The first-order valence-electron chi connectivity index (χ1n) is 10.9. The maximum absolute atomic E-state index is 13.5. The number of carbonyl (C=O) groups excluding carboxylic acids is 2. The third-order valence-electron chi connectivity index (χ3n) is 6.26. The van der Waals surface area contributed by atoms with Gasteiger partial charge in [0.25, 0.3) is 0 Å². The zero-order valence-corrected chi connectivity index (χ0v) is 17.3. The van der Waals surface area contributed by atoms with Gasteiger partial charge in [0.15, 0.2) is 17.7 Å². The van der Waals surface area contributed by atoms with E-state index in [0.29, 0.717) is 11.1 Å². The van der Waals surface area contributed by atoms with E-state index in [9.17, 15) is 9.59 Å². The molecule has 0 radical (unpaired) electrons. The Labute approximate surface area is 182 Å². The number of fused-ring (bicyclic) bond motifs is 2. The molecule has 1 unspecified atom stereocenters. The fourth-order valence-corrected chi connectivity index (χ4v) is 4.76. The zero-order valence-electron chi connectivity index (χ0n) is 17.3. The first kappa shape index (κ1) is 19.7. The van der Waals surface area contributed by atoms with Gasteiger partial charge in [-0.1, -0.05) is 84.9 Å². The number of ether oxygens (including phenoxy) is 1. The van der Waals surface area contributed by atoms with Crippen LogP contribution in [0.3, 0.4) is 0 Å². The average molecular weight is 408 g/mol. The van der Waals surface area contributed by atoms with Crippen molar-refractivity contribution in [2.24, 2.45) is 0 Å². The van der Waals surface area contributed by atoms with Gasteiger partial charge in [-0.15, -0.1) is 0 Å². The van der Waals surface area contributed by atoms with Crippen LogP contribution in [0.1, 0.15) is 63.6 Å². The minimum atomic E-state index is -1.18. The van der Waals surface area contributed by atoms with Gasteiger partial charge in [-0.25, -0.2) is 0 Å². The molecule has 154 valence electrons. The number of ketones is 2. The second-order valence-corrected chi connectivity index (χ2v) is 8.15. The van der Waals surface area contributed by atoms with Crippen molar-refractivity contribution in [1.29, 1.82) is 0 Å². The van der Waals surface area contributed by atoms with E-state index in [1.165, 1.54) is 16.7 Å². The number of rotatable bonds is 6. The second-order valence-electron chi connectivity index (χ2n) is 8.15. The van der Waals surface area contributed by atoms with Crippen molar-refractivity contribution in [2.45, 2.75) is 37.9 Å². The van der Waals surface area contributed by atoms with Crippen molar-refractivity contribution in [3.8, 4) is 0 Å². The predicted molar refractivity (Wildman–Crippen MR) is 121 cm³/mol. The molecule has 3 aromatic carbocycles. The second kappa shape index (κ2) is 8.44. The molecule has 1 atom stereocenters. The van der Waals surface area contributed by atoms with E-state index in [0.717, 1.165) is 31.2 Å². The Morgan fingerprint density at radius 1 is 0.710 bits per heavy atom. The molecule has 0 N–H and O–H groups in total. The van der Waals surface area contributed by atoms with Crippen LogP contribution in [0.4, 0.5) is 0 Å². The number of benzene rings is 3. The summed E-state index contributed by atoms with van der Waals surface area (Å²) in [4.78, 5) is 26.9. The summed E-state index contributed by atoms with van der Waals surface area (Å²) < 4.78 is 6.48. The summed E-state index contributed by atoms with van der Waals surface area (Å²) in [7, 11) is 0. The van der Waals surface area contributed by atoms with Crippen molar-refractivity contribution >= 4 is 17.1 Å².